The lowest BCUT2D eigenvalue weighted by atomic mass is 9.74. The van der Waals surface area contributed by atoms with Crippen molar-refractivity contribution in [3.8, 4) is 0 Å². The molecular formula is C16H23BrFNO. The highest BCUT2D eigenvalue weighted by Gasteiger charge is 2.39. The van der Waals surface area contributed by atoms with Crippen LogP contribution < -0.4 is 5.73 Å². The van der Waals surface area contributed by atoms with E-state index in [-0.39, 0.29) is 17.5 Å². The molecular weight excluding hydrogens is 321 g/mol. The van der Waals surface area contributed by atoms with Crippen molar-refractivity contribution in [3.05, 3.63) is 34.1 Å². The second-order valence-electron chi connectivity index (χ2n) is 6.04. The third-order valence-electron chi connectivity index (χ3n) is 4.58. The van der Waals surface area contributed by atoms with E-state index in [1.807, 2.05) is 6.07 Å². The van der Waals surface area contributed by atoms with Crippen LogP contribution in [-0.2, 0) is 11.2 Å². The van der Waals surface area contributed by atoms with Crippen LogP contribution in [0.3, 0.4) is 0 Å². The maximum absolute atomic E-state index is 13.4. The molecule has 2 rings (SSSR count). The van der Waals surface area contributed by atoms with Gasteiger partial charge in [0.05, 0.1) is 5.60 Å². The zero-order chi connectivity index (χ0) is 14.8. The number of ether oxygens (including phenoxy) is 1. The fraction of sp³-hybridized carbons (Fsp3) is 0.625. The minimum Gasteiger partial charge on any atom is -0.377 e. The summed E-state index contributed by atoms with van der Waals surface area (Å²) in [5, 5.41) is 0. The molecule has 0 bridgehead atoms. The molecule has 20 heavy (non-hydrogen) atoms. The predicted octanol–water partition coefficient (Wildman–Crippen LogP) is 4.05. The first-order chi connectivity index (χ1) is 9.45. The molecule has 0 radical (unpaired) electrons. The molecule has 1 atom stereocenters. The van der Waals surface area contributed by atoms with Gasteiger partial charge in [0.2, 0.25) is 0 Å². The number of hydrogen-bond donors (Lipinski definition) is 1. The number of rotatable bonds is 4. The zero-order valence-corrected chi connectivity index (χ0v) is 13.7. The molecule has 0 heterocycles. The van der Waals surface area contributed by atoms with Crippen LogP contribution in [0.2, 0.25) is 0 Å². The molecule has 0 aliphatic heterocycles. The predicted molar refractivity (Wildman–Crippen MR) is 83.2 cm³/mol. The molecule has 1 saturated carbocycles. The highest BCUT2D eigenvalue weighted by atomic mass is 79.9. The van der Waals surface area contributed by atoms with Gasteiger partial charge in [-0.1, -0.05) is 22.9 Å². The van der Waals surface area contributed by atoms with E-state index >= 15 is 0 Å². The van der Waals surface area contributed by atoms with Crippen molar-refractivity contribution in [1.82, 2.24) is 0 Å². The van der Waals surface area contributed by atoms with Crippen LogP contribution in [0.4, 0.5) is 4.39 Å². The Morgan fingerprint density at radius 1 is 1.40 bits per heavy atom. The zero-order valence-electron chi connectivity index (χ0n) is 12.2. The second kappa shape index (κ2) is 6.54. The molecule has 1 aromatic rings. The van der Waals surface area contributed by atoms with Crippen LogP contribution in [0.5, 0.6) is 0 Å². The number of methoxy groups -OCH3 is 1. The Balaban J connectivity index is 2.11. The highest BCUT2D eigenvalue weighted by molar-refractivity contribution is 9.10. The molecule has 1 aromatic carbocycles. The highest BCUT2D eigenvalue weighted by Crippen LogP contribution is 2.37. The van der Waals surface area contributed by atoms with Crippen molar-refractivity contribution in [1.29, 1.82) is 0 Å². The van der Waals surface area contributed by atoms with E-state index in [4.69, 9.17) is 10.5 Å². The topological polar surface area (TPSA) is 35.2 Å². The molecule has 2 nitrogen and oxygen atoms in total. The van der Waals surface area contributed by atoms with Crippen molar-refractivity contribution in [2.75, 3.05) is 7.11 Å². The van der Waals surface area contributed by atoms with E-state index in [2.05, 4.69) is 22.9 Å². The van der Waals surface area contributed by atoms with Gasteiger partial charge in [0.15, 0.2) is 0 Å². The van der Waals surface area contributed by atoms with Gasteiger partial charge in [-0.25, -0.2) is 4.39 Å². The minimum absolute atomic E-state index is 0.103. The molecule has 2 N–H and O–H groups in total. The van der Waals surface area contributed by atoms with Gasteiger partial charge in [0, 0.05) is 17.6 Å². The van der Waals surface area contributed by atoms with Gasteiger partial charge in [-0.05, 0) is 61.8 Å². The summed E-state index contributed by atoms with van der Waals surface area (Å²) in [4.78, 5) is 0. The number of halogens is 2. The normalized spacial score (nSPS) is 28.4. The maximum Gasteiger partial charge on any atom is 0.124 e. The van der Waals surface area contributed by atoms with Crippen LogP contribution in [0.25, 0.3) is 0 Å². The van der Waals surface area contributed by atoms with E-state index in [1.165, 1.54) is 6.07 Å². The van der Waals surface area contributed by atoms with E-state index in [0.29, 0.717) is 6.42 Å². The molecule has 0 spiro atoms. The van der Waals surface area contributed by atoms with Gasteiger partial charge in [-0.15, -0.1) is 0 Å². The maximum atomic E-state index is 13.4. The van der Waals surface area contributed by atoms with E-state index < -0.39 is 0 Å². The molecule has 1 unspecified atom stereocenters. The Kier molecular flexibility index (Phi) is 5.21. The minimum atomic E-state index is -0.259. The molecule has 0 saturated heterocycles. The Morgan fingerprint density at radius 2 is 2.05 bits per heavy atom. The summed E-state index contributed by atoms with van der Waals surface area (Å²) in [5.74, 6) is 0.513. The van der Waals surface area contributed by atoms with Crippen molar-refractivity contribution in [3.63, 3.8) is 0 Å². The first-order valence-electron chi connectivity index (χ1n) is 7.21. The van der Waals surface area contributed by atoms with Crippen LogP contribution in [0, 0.1) is 11.7 Å². The molecule has 1 aliphatic rings. The summed E-state index contributed by atoms with van der Waals surface area (Å²) in [6, 6.07) is 4.84. The van der Waals surface area contributed by atoms with E-state index in [9.17, 15) is 4.39 Å². The van der Waals surface area contributed by atoms with E-state index in [1.54, 1.807) is 13.2 Å². The van der Waals surface area contributed by atoms with Crippen LogP contribution >= 0.6 is 15.9 Å². The third kappa shape index (κ3) is 3.60. The van der Waals surface area contributed by atoms with Crippen molar-refractivity contribution in [2.24, 2.45) is 11.7 Å². The largest absolute Gasteiger partial charge is 0.377 e. The van der Waals surface area contributed by atoms with Gasteiger partial charge >= 0.3 is 0 Å². The standard InChI is InChI=1S/C16H23BrFNO/c1-11-3-5-16(20-2,6-4-11)15(19)9-12-7-13(17)10-14(18)8-12/h7-8,10-11,15H,3-6,9,19H2,1-2H3. The Hall–Kier alpha value is -0.450. The summed E-state index contributed by atoms with van der Waals surface area (Å²) in [7, 11) is 1.75. The Bertz CT molecular complexity index is 438. The number of nitrogens with two attached hydrogens (primary N) is 1. The average molecular weight is 344 g/mol. The lowest BCUT2D eigenvalue weighted by Gasteiger charge is -2.42. The summed E-state index contributed by atoms with van der Waals surface area (Å²) in [6.45, 7) is 2.27. The quantitative estimate of drug-likeness (QED) is 0.894. The Morgan fingerprint density at radius 3 is 2.60 bits per heavy atom. The molecule has 1 aliphatic carbocycles. The number of hydrogen-bond acceptors (Lipinski definition) is 2. The lowest BCUT2D eigenvalue weighted by molar-refractivity contribution is -0.0659. The lowest BCUT2D eigenvalue weighted by Crippen LogP contribution is -2.52. The smallest absolute Gasteiger partial charge is 0.124 e. The number of benzene rings is 1. The van der Waals surface area contributed by atoms with Gasteiger partial charge in [-0.3, -0.25) is 0 Å². The average Bonchev–Trinajstić information content (AvgIpc) is 2.38. The summed E-state index contributed by atoms with van der Waals surface area (Å²) >= 11 is 3.33. The summed E-state index contributed by atoms with van der Waals surface area (Å²) in [5.41, 5.74) is 7.07. The summed E-state index contributed by atoms with van der Waals surface area (Å²) in [6.07, 6.45) is 4.91. The van der Waals surface area contributed by atoms with Crippen molar-refractivity contribution < 1.29 is 9.13 Å². The van der Waals surface area contributed by atoms with Gasteiger partial charge in [-0.2, -0.15) is 0 Å². The molecule has 1 fully saturated rings. The molecule has 0 aromatic heterocycles. The van der Waals surface area contributed by atoms with Gasteiger partial charge in [0.1, 0.15) is 5.82 Å². The van der Waals surface area contributed by atoms with E-state index in [0.717, 1.165) is 41.6 Å². The first kappa shape index (κ1) is 15.9. The Labute approximate surface area is 129 Å². The van der Waals surface area contributed by atoms with Gasteiger partial charge in [0.25, 0.3) is 0 Å². The van der Waals surface area contributed by atoms with Gasteiger partial charge < -0.3 is 10.5 Å². The van der Waals surface area contributed by atoms with Crippen molar-refractivity contribution >= 4 is 15.9 Å². The molecule has 0 amide bonds. The molecule has 4 heteroatoms. The van der Waals surface area contributed by atoms with Crippen LogP contribution in [-0.4, -0.2) is 18.8 Å². The monoisotopic (exact) mass is 343 g/mol. The fourth-order valence-electron chi connectivity index (χ4n) is 3.15. The first-order valence-corrected chi connectivity index (χ1v) is 8.00. The molecule has 112 valence electrons. The fourth-order valence-corrected chi connectivity index (χ4v) is 3.66. The van der Waals surface area contributed by atoms with Crippen LogP contribution in [0.15, 0.2) is 22.7 Å². The second-order valence-corrected chi connectivity index (χ2v) is 6.96. The van der Waals surface area contributed by atoms with Crippen molar-refractivity contribution in [2.45, 2.75) is 50.7 Å². The summed E-state index contributed by atoms with van der Waals surface area (Å²) < 4.78 is 20.0. The SMILES string of the molecule is COC1(C(N)Cc2cc(F)cc(Br)c2)CCC(C)CC1. The van der Waals surface area contributed by atoms with Crippen LogP contribution in [0.1, 0.15) is 38.2 Å². The third-order valence-corrected chi connectivity index (χ3v) is 5.04.